The van der Waals surface area contributed by atoms with E-state index in [-0.39, 0.29) is 23.8 Å². The lowest BCUT2D eigenvalue weighted by Gasteiger charge is -2.24. The van der Waals surface area contributed by atoms with Crippen molar-refractivity contribution in [2.45, 2.75) is 20.8 Å². The maximum Gasteiger partial charge on any atom is 0.273 e. The molecule has 1 amide bonds. The largest absolute Gasteiger partial charge is 0.302 e. The van der Waals surface area contributed by atoms with Crippen molar-refractivity contribution in [2.24, 2.45) is 0 Å². The summed E-state index contributed by atoms with van der Waals surface area (Å²) < 4.78 is 31.8. The van der Waals surface area contributed by atoms with E-state index in [1.807, 2.05) is 13.8 Å². The minimum atomic E-state index is -0.737. The monoisotopic (exact) mass is 447 g/mol. The quantitative estimate of drug-likeness (QED) is 0.544. The van der Waals surface area contributed by atoms with Gasteiger partial charge in [0.2, 0.25) is 0 Å². The molecule has 0 unspecified atom stereocenters. The van der Waals surface area contributed by atoms with Crippen LogP contribution >= 0.6 is 35.3 Å². The van der Waals surface area contributed by atoms with Crippen molar-refractivity contribution >= 4 is 56.5 Å². The molecule has 3 aromatic rings. The van der Waals surface area contributed by atoms with E-state index in [0.29, 0.717) is 33.5 Å². The summed E-state index contributed by atoms with van der Waals surface area (Å²) in [7, 11) is 0. The fourth-order valence-electron chi connectivity index (χ4n) is 2.68. The van der Waals surface area contributed by atoms with E-state index in [1.165, 1.54) is 11.0 Å². The molecule has 6 nitrogen and oxygen atoms in total. The zero-order valence-corrected chi connectivity index (χ0v) is 18.1. The number of carbonyl (C=O) groups excluding carboxylic acids is 1. The average Bonchev–Trinajstić information content (AvgIpc) is 3.24. The predicted molar refractivity (Wildman–Crippen MR) is 111 cm³/mol. The second-order valence-electron chi connectivity index (χ2n) is 5.90. The number of aromatic nitrogens is 3. The topological polar surface area (TPSA) is 62.2 Å². The number of likely N-dealkylation sites (N-methyl/N-ethyl adjacent to an activating group) is 1. The first-order valence-electron chi connectivity index (χ1n) is 8.53. The third kappa shape index (κ3) is 4.62. The molecule has 0 aliphatic carbocycles. The first kappa shape index (κ1) is 22.5. The molecule has 0 fully saturated rings. The maximum absolute atomic E-state index is 14.1. The summed E-state index contributed by atoms with van der Waals surface area (Å²) in [6, 6.07) is 2.03. The van der Waals surface area contributed by atoms with Gasteiger partial charge in [-0.2, -0.15) is 0 Å². The van der Waals surface area contributed by atoms with Crippen LogP contribution in [0.1, 0.15) is 29.2 Å². The van der Waals surface area contributed by atoms with E-state index in [4.69, 9.17) is 0 Å². The first-order chi connectivity index (χ1) is 12.9. The lowest BCUT2D eigenvalue weighted by molar-refractivity contribution is 0.0987. The molecule has 0 spiro atoms. The zero-order valence-electron chi connectivity index (χ0n) is 15.6. The van der Waals surface area contributed by atoms with Crippen molar-refractivity contribution in [3.63, 3.8) is 0 Å². The second-order valence-corrected chi connectivity index (χ2v) is 7.67. The standard InChI is InChI=1S/C17H19F2N5OS2.ClH/c1-4-23(5-2)6-7-24(16(25)15-10(3)21-22-27-15)17-20-14-12(19)8-11(18)9-13(14)26-17;/h8-9H,4-7H2,1-3H3;1H. The van der Waals surface area contributed by atoms with Crippen molar-refractivity contribution in [3.05, 3.63) is 34.3 Å². The van der Waals surface area contributed by atoms with Gasteiger partial charge in [0.1, 0.15) is 16.2 Å². The van der Waals surface area contributed by atoms with Gasteiger partial charge in [0.25, 0.3) is 5.91 Å². The smallest absolute Gasteiger partial charge is 0.273 e. The van der Waals surface area contributed by atoms with Crippen LogP contribution < -0.4 is 4.90 Å². The highest BCUT2D eigenvalue weighted by molar-refractivity contribution is 7.22. The van der Waals surface area contributed by atoms with Crippen LogP contribution in [0, 0.1) is 18.6 Å². The number of fused-ring (bicyclic) bond motifs is 1. The van der Waals surface area contributed by atoms with Gasteiger partial charge in [0.15, 0.2) is 10.9 Å². The van der Waals surface area contributed by atoms with Gasteiger partial charge in [-0.05, 0) is 37.6 Å². The number of nitrogens with zero attached hydrogens (tertiary/aromatic N) is 5. The average molecular weight is 448 g/mol. The van der Waals surface area contributed by atoms with Crippen LogP contribution in [-0.2, 0) is 0 Å². The molecule has 152 valence electrons. The van der Waals surface area contributed by atoms with Gasteiger partial charge < -0.3 is 4.90 Å². The summed E-state index contributed by atoms with van der Waals surface area (Å²) in [4.78, 5) is 21.4. The van der Waals surface area contributed by atoms with E-state index in [2.05, 4.69) is 19.5 Å². The molecule has 28 heavy (non-hydrogen) atoms. The molecule has 0 bridgehead atoms. The molecule has 2 aromatic heterocycles. The van der Waals surface area contributed by atoms with E-state index in [0.717, 1.165) is 42.0 Å². The van der Waals surface area contributed by atoms with Gasteiger partial charge >= 0.3 is 0 Å². The summed E-state index contributed by atoms with van der Waals surface area (Å²) >= 11 is 2.11. The highest BCUT2D eigenvalue weighted by atomic mass is 35.5. The van der Waals surface area contributed by atoms with Crippen molar-refractivity contribution < 1.29 is 13.6 Å². The number of rotatable bonds is 7. The van der Waals surface area contributed by atoms with E-state index >= 15 is 0 Å². The van der Waals surface area contributed by atoms with E-state index in [1.54, 1.807) is 6.92 Å². The SMILES string of the molecule is CCN(CC)CCN(C(=O)c1snnc1C)c1nc2c(F)cc(F)cc2s1.Cl. The van der Waals surface area contributed by atoms with E-state index in [9.17, 15) is 13.6 Å². The number of halogens is 3. The number of benzene rings is 1. The maximum atomic E-state index is 14.1. The van der Waals surface area contributed by atoms with Gasteiger partial charge in [-0.25, -0.2) is 13.8 Å². The molecular weight excluding hydrogens is 428 g/mol. The van der Waals surface area contributed by atoms with Gasteiger partial charge in [0.05, 0.1) is 10.4 Å². The van der Waals surface area contributed by atoms with Crippen LogP contribution in [0.25, 0.3) is 10.2 Å². The molecule has 0 saturated heterocycles. The number of thiazole rings is 1. The Morgan fingerprint density at radius 2 is 1.89 bits per heavy atom. The van der Waals surface area contributed by atoms with Crippen molar-refractivity contribution in [2.75, 3.05) is 31.1 Å². The summed E-state index contributed by atoms with van der Waals surface area (Å²) in [6.07, 6.45) is 0. The van der Waals surface area contributed by atoms with Gasteiger partial charge in [0, 0.05) is 19.2 Å². The van der Waals surface area contributed by atoms with Gasteiger partial charge in [-0.1, -0.05) is 29.7 Å². The molecule has 0 atom stereocenters. The van der Waals surface area contributed by atoms with Crippen LogP contribution in [-0.4, -0.2) is 51.6 Å². The number of amides is 1. The molecule has 0 saturated carbocycles. The van der Waals surface area contributed by atoms with Gasteiger partial charge in [-0.3, -0.25) is 9.69 Å². The van der Waals surface area contributed by atoms with Crippen LogP contribution in [0.2, 0.25) is 0 Å². The Bertz CT molecular complexity index is 960. The fraction of sp³-hybridized carbons (Fsp3) is 0.412. The molecule has 0 aliphatic heterocycles. The molecule has 11 heteroatoms. The highest BCUT2D eigenvalue weighted by Crippen LogP contribution is 2.32. The number of hydrogen-bond donors (Lipinski definition) is 0. The highest BCUT2D eigenvalue weighted by Gasteiger charge is 2.26. The normalized spacial score (nSPS) is 11.1. The molecule has 2 heterocycles. The van der Waals surface area contributed by atoms with Gasteiger partial charge in [-0.15, -0.1) is 17.5 Å². The molecule has 3 rings (SSSR count). The number of hydrogen-bond acceptors (Lipinski definition) is 7. The molecule has 0 radical (unpaired) electrons. The van der Waals surface area contributed by atoms with Crippen molar-refractivity contribution in [1.29, 1.82) is 0 Å². The fourth-order valence-corrected chi connectivity index (χ4v) is 4.31. The summed E-state index contributed by atoms with van der Waals surface area (Å²) in [5.41, 5.74) is 0.604. The summed E-state index contributed by atoms with van der Waals surface area (Å²) in [5, 5.41) is 4.23. The number of carbonyl (C=O) groups is 1. The Labute approximate surface area is 175 Å². The van der Waals surface area contributed by atoms with Crippen LogP contribution in [0.4, 0.5) is 13.9 Å². The van der Waals surface area contributed by atoms with Crippen molar-refractivity contribution in [1.82, 2.24) is 19.5 Å². The molecule has 0 aliphatic rings. The summed E-state index contributed by atoms with van der Waals surface area (Å²) in [5.74, 6) is -1.69. The lowest BCUT2D eigenvalue weighted by Crippen LogP contribution is -2.38. The second kappa shape index (κ2) is 9.64. The minimum Gasteiger partial charge on any atom is -0.302 e. The Kier molecular flexibility index (Phi) is 7.76. The zero-order chi connectivity index (χ0) is 19.6. The van der Waals surface area contributed by atoms with Crippen LogP contribution in [0.3, 0.4) is 0 Å². The van der Waals surface area contributed by atoms with E-state index < -0.39 is 11.6 Å². The Morgan fingerprint density at radius 1 is 1.18 bits per heavy atom. The Morgan fingerprint density at radius 3 is 2.50 bits per heavy atom. The third-order valence-electron chi connectivity index (χ3n) is 4.26. The minimum absolute atomic E-state index is 0. The Balaban J connectivity index is 0.00000280. The third-order valence-corrected chi connectivity index (χ3v) is 6.10. The molecule has 0 N–H and O–H groups in total. The summed E-state index contributed by atoms with van der Waals surface area (Å²) in [6.45, 7) is 8.51. The van der Waals surface area contributed by atoms with Crippen LogP contribution in [0.5, 0.6) is 0 Å². The predicted octanol–water partition coefficient (Wildman–Crippen LogP) is 4.14. The van der Waals surface area contributed by atoms with Crippen LogP contribution in [0.15, 0.2) is 12.1 Å². The molecular formula is C17H20ClF2N5OS2. The number of aryl methyl sites for hydroxylation is 1. The molecule has 1 aromatic carbocycles. The lowest BCUT2D eigenvalue weighted by atomic mass is 10.3. The number of anilines is 1. The Hall–Kier alpha value is -1.75. The first-order valence-corrected chi connectivity index (χ1v) is 10.1. The van der Waals surface area contributed by atoms with Crippen molar-refractivity contribution in [3.8, 4) is 0 Å².